The van der Waals surface area contributed by atoms with Crippen LogP contribution in [0.15, 0.2) is 18.2 Å². The topological polar surface area (TPSA) is 66.5 Å². The lowest BCUT2D eigenvalue weighted by Crippen LogP contribution is -2.30. The first-order valence-electron chi connectivity index (χ1n) is 4.77. The van der Waals surface area contributed by atoms with Crippen LogP contribution >= 0.6 is 0 Å². The van der Waals surface area contributed by atoms with Crippen molar-refractivity contribution in [3.05, 3.63) is 29.3 Å². The van der Waals surface area contributed by atoms with E-state index in [-0.39, 0.29) is 0 Å². The molecule has 0 bridgehead atoms. The standard InChI is InChI=1S/C11H10N2O3/c1-6-3-4-8(5-7(6)2)13-10(15)9(14)12-11(13)16/h3-5H,1-2H3,(H,12,14,16). The van der Waals surface area contributed by atoms with E-state index in [1.54, 1.807) is 18.2 Å². The molecule has 5 nitrogen and oxygen atoms in total. The number of nitrogens with one attached hydrogen (secondary N) is 1. The Morgan fingerprint density at radius 3 is 2.25 bits per heavy atom. The minimum atomic E-state index is -0.886. The monoisotopic (exact) mass is 218 g/mol. The zero-order chi connectivity index (χ0) is 11.9. The molecule has 82 valence electrons. The maximum Gasteiger partial charge on any atom is 0.336 e. The molecule has 2 rings (SSSR count). The van der Waals surface area contributed by atoms with Gasteiger partial charge in [-0.05, 0) is 37.1 Å². The fourth-order valence-corrected chi connectivity index (χ4v) is 1.50. The van der Waals surface area contributed by atoms with E-state index < -0.39 is 17.8 Å². The van der Waals surface area contributed by atoms with Gasteiger partial charge in [-0.25, -0.2) is 9.69 Å². The summed E-state index contributed by atoms with van der Waals surface area (Å²) in [7, 11) is 0. The Balaban J connectivity index is 2.45. The minimum absolute atomic E-state index is 0.413. The van der Waals surface area contributed by atoms with Crippen LogP contribution in [-0.2, 0) is 9.59 Å². The second kappa shape index (κ2) is 3.44. The van der Waals surface area contributed by atoms with Gasteiger partial charge in [0.25, 0.3) is 0 Å². The van der Waals surface area contributed by atoms with Gasteiger partial charge in [0.1, 0.15) is 0 Å². The molecule has 5 heteroatoms. The highest BCUT2D eigenvalue weighted by molar-refractivity contribution is 6.53. The molecule has 1 aromatic rings. The number of hydrogen-bond donors (Lipinski definition) is 1. The third-order valence-corrected chi connectivity index (χ3v) is 2.57. The molecule has 4 amide bonds. The van der Waals surface area contributed by atoms with E-state index in [9.17, 15) is 14.4 Å². The van der Waals surface area contributed by atoms with Crippen molar-refractivity contribution in [3.8, 4) is 0 Å². The first-order chi connectivity index (χ1) is 7.50. The summed E-state index contributed by atoms with van der Waals surface area (Å²) >= 11 is 0. The van der Waals surface area contributed by atoms with Gasteiger partial charge < -0.3 is 0 Å². The van der Waals surface area contributed by atoms with E-state index >= 15 is 0 Å². The summed E-state index contributed by atoms with van der Waals surface area (Å²) in [6, 6.07) is 4.44. The molecule has 0 unspecified atom stereocenters. The fourth-order valence-electron chi connectivity index (χ4n) is 1.50. The molecule has 0 atom stereocenters. The number of urea groups is 1. The number of anilines is 1. The molecular weight excluding hydrogens is 208 g/mol. The van der Waals surface area contributed by atoms with Crippen LogP contribution in [-0.4, -0.2) is 17.8 Å². The zero-order valence-electron chi connectivity index (χ0n) is 8.90. The van der Waals surface area contributed by atoms with Crippen molar-refractivity contribution >= 4 is 23.5 Å². The second-order valence-corrected chi connectivity index (χ2v) is 3.67. The van der Waals surface area contributed by atoms with Crippen LogP contribution < -0.4 is 10.2 Å². The Morgan fingerprint density at radius 2 is 1.75 bits per heavy atom. The maximum absolute atomic E-state index is 11.4. The summed E-state index contributed by atoms with van der Waals surface area (Å²) < 4.78 is 0. The molecule has 0 spiro atoms. The van der Waals surface area contributed by atoms with Gasteiger partial charge in [0.15, 0.2) is 0 Å². The second-order valence-electron chi connectivity index (χ2n) is 3.67. The van der Waals surface area contributed by atoms with Crippen LogP contribution in [0.5, 0.6) is 0 Å². The molecule has 1 aliphatic heterocycles. The summed E-state index contributed by atoms with van der Waals surface area (Å²) in [5.74, 6) is -1.73. The summed E-state index contributed by atoms with van der Waals surface area (Å²) in [5, 5.41) is 1.95. The molecule has 0 radical (unpaired) electrons. The van der Waals surface area contributed by atoms with Crippen LogP contribution in [0.4, 0.5) is 10.5 Å². The lowest BCUT2D eigenvalue weighted by molar-refractivity contribution is -0.134. The molecule has 1 aliphatic rings. The lowest BCUT2D eigenvalue weighted by atomic mass is 10.1. The molecule has 16 heavy (non-hydrogen) atoms. The molecule has 1 saturated heterocycles. The largest absolute Gasteiger partial charge is 0.336 e. The van der Waals surface area contributed by atoms with E-state index in [0.29, 0.717) is 5.69 Å². The fraction of sp³-hybridized carbons (Fsp3) is 0.182. The molecule has 1 heterocycles. The number of imide groups is 2. The predicted molar refractivity (Wildman–Crippen MR) is 56.9 cm³/mol. The molecule has 0 aliphatic carbocycles. The predicted octanol–water partition coefficient (Wildman–Crippen LogP) is 0.886. The molecule has 0 saturated carbocycles. The van der Waals surface area contributed by atoms with Gasteiger partial charge in [-0.2, -0.15) is 0 Å². The first kappa shape index (κ1) is 10.4. The molecule has 1 N–H and O–H groups in total. The van der Waals surface area contributed by atoms with Gasteiger partial charge in [0.05, 0.1) is 5.69 Å². The van der Waals surface area contributed by atoms with Gasteiger partial charge in [-0.15, -0.1) is 0 Å². The van der Waals surface area contributed by atoms with Gasteiger partial charge in [0, 0.05) is 0 Å². The smallest absolute Gasteiger partial charge is 0.269 e. The third kappa shape index (κ3) is 1.46. The van der Waals surface area contributed by atoms with E-state index in [2.05, 4.69) is 0 Å². The van der Waals surface area contributed by atoms with E-state index in [1.807, 2.05) is 19.2 Å². The number of carbonyl (C=O) groups is 3. The van der Waals surface area contributed by atoms with Crippen molar-refractivity contribution in [2.24, 2.45) is 0 Å². The van der Waals surface area contributed by atoms with Crippen molar-refractivity contribution in [2.45, 2.75) is 13.8 Å². The Morgan fingerprint density at radius 1 is 1.06 bits per heavy atom. The number of amides is 4. The average molecular weight is 218 g/mol. The van der Waals surface area contributed by atoms with Crippen LogP contribution in [0.3, 0.4) is 0 Å². The number of hydrogen-bond acceptors (Lipinski definition) is 3. The van der Waals surface area contributed by atoms with E-state index in [0.717, 1.165) is 16.0 Å². The van der Waals surface area contributed by atoms with Crippen LogP contribution in [0, 0.1) is 13.8 Å². The van der Waals surface area contributed by atoms with Gasteiger partial charge in [-0.1, -0.05) is 6.07 Å². The first-order valence-corrected chi connectivity index (χ1v) is 4.77. The minimum Gasteiger partial charge on any atom is -0.269 e. The van der Waals surface area contributed by atoms with E-state index in [1.165, 1.54) is 0 Å². The summed E-state index contributed by atoms with van der Waals surface area (Å²) in [5.41, 5.74) is 2.43. The Labute approximate surface area is 92.0 Å². The molecular formula is C11H10N2O3. The Kier molecular flexibility index (Phi) is 2.23. The zero-order valence-corrected chi connectivity index (χ0v) is 8.90. The van der Waals surface area contributed by atoms with Crippen molar-refractivity contribution in [1.82, 2.24) is 5.32 Å². The number of aryl methyl sites for hydroxylation is 2. The number of carbonyl (C=O) groups excluding carboxylic acids is 3. The van der Waals surface area contributed by atoms with Crippen molar-refractivity contribution < 1.29 is 14.4 Å². The van der Waals surface area contributed by atoms with Crippen LogP contribution in [0.2, 0.25) is 0 Å². The van der Waals surface area contributed by atoms with Gasteiger partial charge in [0.2, 0.25) is 0 Å². The summed E-state index contributed by atoms with van der Waals surface area (Å²) in [4.78, 5) is 34.6. The Bertz CT molecular complexity index is 508. The van der Waals surface area contributed by atoms with Crippen molar-refractivity contribution in [3.63, 3.8) is 0 Å². The van der Waals surface area contributed by atoms with E-state index in [4.69, 9.17) is 0 Å². The normalized spacial score (nSPS) is 15.6. The molecule has 1 aromatic carbocycles. The van der Waals surface area contributed by atoms with Gasteiger partial charge in [-0.3, -0.25) is 14.9 Å². The maximum atomic E-state index is 11.4. The quantitative estimate of drug-likeness (QED) is 0.562. The highest BCUT2D eigenvalue weighted by Gasteiger charge is 2.37. The number of benzene rings is 1. The summed E-state index contributed by atoms with van der Waals surface area (Å²) in [6.07, 6.45) is 0. The Hall–Kier alpha value is -2.17. The van der Waals surface area contributed by atoms with Crippen LogP contribution in [0.25, 0.3) is 0 Å². The van der Waals surface area contributed by atoms with Gasteiger partial charge >= 0.3 is 17.8 Å². The molecule has 0 aromatic heterocycles. The number of nitrogens with zero attached hydrogens (tertiary/aromatic N) is 1. The average Bonchev–Trinajstić information content (AvgIpc) is 2.47. The summed E-state index contributed by atoms with van der Waals surface area (Å²) in [6.45, 7) is 3.80. The highest BCUT2D eigenvalue weighted by Crippen LogP contribution is 2.20. The van der Waals surface area contributed by atoms with Crippen molar-refractivity contribution in [2.75, 3.05) is 4.90 Å². The third-order valence-electron chi connectivity index (χ3n) is 2.57. The molecule has 1 fully saturated rings. The lowest BCUT2D eigenvalue weighted by Gasteiger charge is -2.12. The number of rotatable bonds is 1. The van der Waals surface area contributed by atoms with Crippen LogP contribution in [0.1, 0.15) is 11.1 Å². The SMILES string of the molecule is Cc1ccc(N2C(=O)NC(=O)C2=O)cc1C. The highest BCUT2D eigenvalue weighted by atomic mass is 16.2. The van der Waals surface area contributed by atoms with Crippen molar-refractivity contribution in [1.29, 1.82) is 0 Å².